The number of hydrogen-bond acceptors (Lipinski definition) is 6. The summed E-state index contributed by atoms with van der Waals surface area (Å²) in [5, 5.41) is 9.47. The number of carbonyl (C=O) groups excluding carboxylic acids is 1. The normalized spacial score (nSPS) is 30.9. The second-order valence-corrected chi connectivity index (χ2v) is 10.00. The topological polar surface area (TPSA) is 85.0 Å². The van der Waals surface area contributed by atoms with Crippen LogP contribution in [0.15, 0.2) is 42.5 Å². The lowest BCUT2D eigenvalue weighted by Crippen LogP contribution is -2.65. The van der Waals surface area contributed by atoms with Crippen molar-refractivity contribution >= 4 is 5.78 Å². The fourth-order valence-corrected chi connectivity index (χ4v) is 6.62. The van der Waals surface area contributed by atoms with Crippen molar-refractivity contribution < 1.29 is 19.4 Å². The zero-order chi connectivity index (χ0) is 23.3. The Morgan fingerprint density at radius 2 is 2.00 bits per heavy atom. The number of nitrogens with zero attached hydrogens (tertiary/aromatic N) is 1. The van der Waals surface area contributed by atoms with Gasteiger partial charge in [0.15, 0.2) is 23.4 Å². The number of hydrogen-bond donors (Lipinski definition) is 2. The van der Waals surface area contributed by atoms with E-state index < -0.39 is 6.10 Å². The standard InChI is InChI=1S/C18H21NO3.C9H13NO/c1-19-8-7-18-11-4-5-13(20)17(18)22-16-14(21-2)6-3-10(15(16)18)9-12(11)19;1-7(10)9(11)8-5-3-2-4-6-8/h3,6,11-12,17H,4-5,7-9H2,1-2H3;2-7,9,11H,10H2,1H3/t11-,12+,17-,18-;7-,9-/m01/s1. The number of aliphatic hydroxyl groups excluding tert-OH is 1. The number of piperidine rings is 1. The number of ketones is 1. The van der Waals surface area contributed by atoms with Crippen molar-refractivity contribution in [1.29, 1.82) is 0 Å². The van der Waals surface area contributed by atoms with Gasteiger partial charge in [0.25, 0.3) is 0 Å². The summed E-state index contributed by atoms with van der Waals surface area (Å²) >= 11 is 0. The van der Waals surface area contributed by atoms with E-state index in [1.54, 1.807) is 14.0 Å². The van der Waals surface area contributed by atoms with Crippen LogP contribution in [0.4, 0.5) is 0 Å². The molecule has 4 aliphatic rings. The van der Waals surface area contributed by atoms with Crippen LogP contribution in [-0.2, 0) is 16.6 Å². The van der Waals surface area contributed by atoms with Crippen LogP contribution < -0.4 is 15.2 Å². The molecular formula is C27H34N2O4. The molecule has 2 fully saturated rings. The highest BCUT2D eigenvalue weighted by Crippen LogP contribution is 2.63. The lowest BCUT2D eigenvalue weighted by molar-refractivity contribution is -0.138. The highest BCUT2D eigenvalue weighted by atomic mass is 16.5. The molecule has 0 aromatic heterocycles. The highest BCUT2D eigenvalue weighted by Gasteiger charge is 2.65. The fraction of sp³-hybridized carbons (Fsp3) is 0.519. The third kappa shape index (κ3) is 3.38. The van der Waals surface area contributed by atoms with Gasteiger partial charge < -0.3 is 25.2 Å². The summed E-state index contributed by atoms with van der Waals surface area (Å²) in [5.74, 6) is 2.46. The number of Topliss-reactive ketones (excluding diaryl/α,β-unsaturated/α-hetero) is 1. The van der Waals surface area contributed by atoms with Gasteiger partial charge in [-0.2, -0.15) is 0 Å². The van der Waals surface area contributed by atoms with Crippen molar-refractivity contribution in [3.8, 4) is 11.5 Å². The van der Waals surface area contributed by atoms with Crippen molar-refractivity contribution in [2.75, 3.05) is 20.7 Å². The molecule has 6 nitrogen and oxygen atoms in total. The van der Waals surface area contributed by atoms with Gasteiger partial charge in [-0.25, -0.2) is 0 Å². The molecule has 3 N–H and O–H groups in total. The van der Waals surface area contributed by atoms with Crippen molar-refractivity contribution in [2.45, 2.75) is 62.3 Å². The van der Waals surface area contributed by atoms with Crippen LogP contribution in [-0.4, -0.2) is 54.7 Å². The van der Waals surface area contributed by atoms with Crippen molar-refractivity contribution in [3.63, 3.8) is 0 Å². The minimum atomic E-state index is -0.545. The quantitative estimate of drug-likeness (QED) is 0.748. The maximum absolute atomic E-state index is 12.6. The van der Waals surface area contributed by atoms with E-state index in [4.69, 9.17) is 15.2 Å². The maximum atomic E-state index is 12.6. The average Bonchev–Trinajstić information content (AvgIpc) is 3.18. The zero-order valence-electron chi connectivity index (χ0n) is 19.7. The highest BCUT2D eigenvalue weighted by molar-refractivity contribution is 5.89. The number of rotatable bonds is 3. The molecule has 0 amide bonds. The molecule has 6 heteroatoms. The van der Waals surface area contributed by atoms with Crippen LogP contribution in [0.25, 0.3) is 0 Å². The van der Waals surface area contributed by atoms with Crippen LogP contribution in [0.1, 0.15) is 49.0 Å². The predicted molar refractivity (Wildman–Crippen MR) is 127 cm³/mol. The molecule has 2 aliphatic heterocycles. The van der Waals surface area contributed by atoms with E-state index in [0.717, 1.165) is 42.9 Å². The molecule has 0 radical (unpaired) electrons. The van der Waals surface area contributed by atoms with E-state index in [0.29, 0.717) is 18.4 Å². The van der Waals surface area contributed by atoms with Gasteiger partial charge in [0.1, 0.15) is 0 Å². The summed E-state index contributed by atoms with van der Waals surface area (Å²) in [4.78, 5) is 15.1. The van der Waals surface area contributed by atoms with E-state index in [2.05, 4.69) is 18.0 Å². The molecule has 33 heavy (non-hydrogen) atoms. The molecule has 2 aromatic carbocycles. The first-order chi connectivity index (χ1) is 15.9. The minimum absolute atomic E-state index is 0.0933. The van der Waals surface area contributed by atoms with E-state index in [1.165, 1.54) is 11.1 Å². The zero-order valence-corrected chi connectivity index (χ0v) is 19.7. The largest absolute Gasteiger partial charge is 0.493 e. The molecule has 1 spiro atoms. The lowest BCUT2D eigenvalue weighted by Gasteiger charge is -2.57. The number of nitrogens with two attached hydrogens (primary N) is 1. The Morgan fingerprint density at radius 1 is 1.24 bits per heavy atom. The Morgan fingerprint density at radius 3 is 2.70 bits per heavy atom. The van der Waals surface area contributed by atoms with Gasteiger partial charge in [0.05, 0.1) is 13.2 Å². The third-order valence-corrected chi connectivity index (χ3v) is 8.23. The molecule has 2 aliphatic carbocycles. The third-order valence-electron chi connectivity index (χ3n) is 8.23. The summed E-state index contributed by atoms with van der Waals surface area (Å²) < 4.78 is 11.8. The molecule has 6 atom stereocenters. The summed E-state index contributed by atoms with van der Waals surface area (Å²) in [6, 6.07) is 14.0. The van der Waals surface area contributed by atoms with Crippen molar-refractivity contribution in [3.05, 3.63) is 59.2 Å². The maximum Gasteiger partial charge on any atom is 0.174 e. The lowest BCUT2D eigenvalue weighted by atomic mass is 9.52. The molecular weight excluding hydrogens is 416 g/mol. The second-order valence-electron chi connectivity index (χ2n) is 10.00. The van der Waals surface area contributed by atoms with Crippen LogP contribution in [0, 0.1) is 5.92 Å². The Hall–Kier alpha value is -2.41. The molecule has 1 saturated heterocycles. The molecule has 2 bridgehead atoms. The van der Waals surface area contributed by atoms with Gasteiger partial charge in [-0.3, -0.25) is 4.79 Å². The Balaban J connectivity index is 0.000000177. The van der Waals surface area contributed by atoms with Crippen molar-refractivity contribution in [1.82, 2.24) is 4.90 Å². The molecule has 2 heterocycles. The van der Waals surface area contributed by atoms with Gasteiger partial charge in [-0.15, -0.1) is 0 Å². The summed E-state index contributed by atoms with van der Waals surface area (Å²) in [6.07, 6.45) is 2.92. The van der Waals surface area contributed by atoms with E-state index >= 15 is 0 Å². The second kappa shape index (κ2) is 8.42. The Labute approximate surface area is 195 Å². The Bertz CT molecular complexity index is 1040. The average molecular weight is 451 g/mol. The Kier molecular flexibility index (Phi) is 5.71. The first-order valence-corrected chi connectivity index (χ1v) is 12.0. The van der Waals surface area contributed by atoms with E-state index in [9.17, 15) is 9.90 Å². The molecule has 2 aromatic rings. The van der Waals surface area contributed by atoms with Crippen LogP contribution in [0.2, 0.25) is 0 Å². The summed E-state index contributed by atoms with van der Waals surface area (Å²) in [7, 11) is 3.91. The fourth-order valence-electron chi connectivity index (χ4n) is 6.62. The van der Waals surface area contributed by atoms with Crippen LogP contribution in [0.5, 0.6) is 11.5 Å². The first-order valence-electron chi connectivity index (χ1n) is 12.0. The number of likely N-dealkylation sites (N-methyl/N-ethyl adjacent to an activating group) is 1. The van der Waals surface area contributed by atoms with Gasteiger partial charge in [0, 0.05) is 29.5 Å². The van der Waals surface area contributed by atoms with Gasteiger partial charge >= 0.3 is 0 Å². The van der Waals surface area contributed by atoms with E-state index in [1.807, 2.05) is 36.4 Å². The van der Waals surface area contributed by atoms with Crippen LogP contribution >= 0.6 is 0 Å². The van der Waals surface area contributed by atoms with Crippen LogP contribution in [0.3, 0.4) is 0 Å². The molecule has 176 valence electrons. The number of methoxy groups -OCH3 is 1. The SMILES string of the molecule is COc1ccc2c3c1O[C@H]1C(=O)CC[C@H]4[C@@H](C2)N(C)CC[C@]314.C[C@@H](N)[C@@H](O)c1ccccc1. The number of ether oxygens (including phenoxy) is 2. The van der Waals surface area contributed by atoms with Gasteiger partial charge in [-0.05, 0) is 62.9 Å². The molecule has 6 rings (SSSR count). The van der Waals surface area contributed by atoms with Gasteiger partial charge in [0.2, 0.25) is 0 Å². The molecule has 0 unspecified atom stereocenters. The summed E-state index contributed by atoms with van der Waals surface area (Å²) in [5.41, 5.74) is 8.97. The number of likely N-dealkylation sites (tertiary alicyclic amines) is 1. The molecule has 1 saturated carbocycles. The number of carbonyl (C=O) groups is 1. The monoisotopic (exact) mass is 450 g/mol. The smallest absolute Gasteiger partial charge is 0.174 e. The van der Waals surface area contributed by atoms with E-state index in [-0.39, 0.29) is 23.3 Å². The summed E-state index contributed by atoms with van der Waals surface area (Å²) in [6.45, 7) is 2.84. The number of benzene rings is 2. The van der Waals surface area contributed by atoms with Crippen molar-refractivity contribution in [2.24, 2.45) is 11.7 Å². The first kappa shape index (κ1) is 22.4. The predicted octanol–water partition coefficient (Wildman–Crippen LogP) is 3.00. The van der Waals surface area contributed by atoms with Gasteiger partial charge in [-0.1, -0.05) is 36.4 Å². The minimum Gasteiger partial charge on any atom is -0.493 e. The number of aliphatic hydroxyl groups is 1.